The maximum absolute atomic E-state index is 12.6. The number of carbonyl (C=O) groups excluding carboxylic acids is 2. The van der Waals surface area contributed by atoms with Crippen LogP contribution in [0.5, 0.6) is 5.75 Å². The van der Waals surface area contributed by atoms with Gasteiger partial charge in [-0.15, -0.1) is 0 Å². The SMILES string of the molecule is O=C(Oc1ccc2ccccc2c1/C=N\NC(=O)c1ccccc1[N+](=O)[O-])c1ccc(Cl)cc1. The second-order valence-corrected chi connectivity index (χ2v) is 7.50. The number of rotatable bonds is 6. The molecule has 0 fully saturated rings. The molecule has 0 saturated carbocycles. The molecule has 1 N–H and O–H groups in total. The first kappa shape index (κ1) is 22.6. The molecule has 34 heavy (non-hydrogen) atoms. The molecule has 0 unspecified atom stereocenters. The highest BCUT2D eigenvalue weighted by Gasteiger charge is 2.19. The summed E-state index contributed by atoms with van der Waals surface area (Å²) in [5.74, 6) is -1.11. The molecule has 0 aliphatic heterocycles. The van der Waals surface area contributed by atoms with Crippen LogP contribution in [0.15, 0.2) is 90.0 Å². The van der Waals surface area contributed by atoms with E-state index in [0.29, 0.717) is 16.1 Å². The number of amides is 1. The fourth-order valence-corrected chi connectivity index (χ4v) is 3.41. The number of nitro groups is 1. The first-order valence-corrected chi connectivity index (χ1v) is 10.4. The van der Waals surface area contributed by atoms with Crippen molar-refractivity contribution in [1.29, 1.82) is 0 Å². The summed E-state index contributed by atoms with van der Waals surface area (Å²) in [4.78, 5) is 35.7. The molecular weight excluding hydrogens is 458 g/mol. The molecule has 0 aliphatic carbocycles. The monoisotopic (exact) mass is 473 g/mol. The van der Waals surface area contributed by atoms with Crippen molar-refractivity contribution in [3.8, 4) is 5.75 Å². The van der Waals surface area contributed by atoms with Crippen LogP contribution in [0.4, 0.5) is 5.69 Å². The van der Waals surface area contributed by atoms with Gasteiger partial charge >= 0.3 is 5.97 Å². The van der Waals surface area contributed by atoms with Crippen LogP contribution in [0.1, 0.15) is 26.3 Å². The lowest BCUT2D eigenvalue weighted by Crippen LogP contribution is -2.19. The number of hydrogen-bond donors (Lipinski definition) is 1. The number of benzene rings is 4. The van der Waals surface area contributed by atoms with Crippen LogP contribution in [-0.4, -0.2) is 23.0 Å². The van der Waals surface area contributed by atoms with Crippen LogP contribution in [0, 0.1) is 10.1 Å². The van der Waals surface area contributed by atoms with Crippen LogP contribution in [0.25, 0.3) is 10.8 Å². The number of ether oxygens (including phenoxy) is 1. The van der Waals surface area contributed by atoms with Crippen LogP contribution >= 0.6 is 11.6 Å². The molecule has 4 aromatic carbocycles. The van der Waals surface area contributed by atoms with Gasteiger partial charge in [0, 0.05) is 16.7 Å². The van der Waals surface area contributed by atoms with Crippen molar-refractivity contribution in [1.82, 2.24) is 5.43 Å². The van der Waals surface area contributed by atoms with Gasteiger partial charge in [0.15, 0.2) is 0 Å². The van der Waals surface area contributed by atoms with Gasteiger partial charge in [0.1, 0.15) is 11.3 Å². The van der Waals surface area contributed by atoms with Gasteiger partial charge in [0.05, 0.1) is 16.7 Å². The van der Waals surface area contributed by atoms with Crippen molar-refractivity contribution in [2.75, 3.05) is 0 Å². The Labute approximate surface area is 198 Å². The lowest BCUT2D eigenvalue weighted by molar-refractivity contribution is -0.385. The average molecular weight is 474 g/mol. The van der Waals surface area contributed by atoms with Gasteiger partial charge in [-0.2, -0.15) is 5.10 Å². The predicted octanol–water partition coefficient (Wildman–Crippen LogP) is 5.38. The number of nitrogens with one attached hydrogen (secondary N) is 1. The number of hydrogen-bond acceptors (Lipinski definition) is 6. The van der Waals surface area contributed by atoms with E-state index in [-0.39, 0.29) is 17.0 Å². The number of fused-ring (bicyclic) bond motifs is 1. The van der Waals surface area contributed by atoms with Crippen molar-refractivity contribution in [2.45, 2.75) is 0 Å². The summed E-state index contributed by atoms with van der Waals surface area (Å²) >= 11 is 5.88. The Morgan fingerprint density at radius 2 is 1.65 bits per heavy atom. The zero-order chi connectivity index (χ0) is 24.1. The number of esters is 1. The maximum atomic E-state index is 12.6. The third-order valence-electron chi connectivity index (χ3n) is 4.92. The van der Waals surface area contributed by atoms with Crippen molar-refractivity contribution >= 4 is 46.2 Å². The molecule has 0 aliphatic rings. The summed E-state index contributed by atoms with van der Waals surface area (Å²) in [6.45, 7) is 0. The highest BCUT2D eigenvalue weighted by Crippen LogP contribution is 2.27. The van der Waals surface area contributed by atoms with E-state index in [2.05, 4.69) is 10.5 Å². The number of halogens is 1. The lowest BCUT2D eigenvalue weighted by atomic mass is 10.0. The van der Waals surface area contributed by atoms with Gasteiger partial charge in [-0.3, -0.25) is 14.9 Å². The molecule has 0 heterocycles. The molecule has 0 aromatic heterocycles. The van der Waals surface area contributed by atoms with E-state index in [4.69, 9.17) is 16.3 Å². The predicted molar refractivity (Wildman–Crippen MR) is 129 cm³/mol. The molecule has 0 saturated heterocycles. The van der Waals surface area contributed by atoms with Crippen LogP contribution in [-0.2, 0) is 0 Å². The van der Waals surface area contributed by atoms with Gasteiger partial charge in [0.2, 0.25) is 0 Å². The van der Waals surface area contributed by atoms with E-state index in [9.17, 15) is 19.7 Å². The highest BCUT2D eigenvalue weighted by molar-refractivity contribution is 6.30. The Balaban J connectivity index is 1.64. The molecular formula is C25H16ClN3O5. The minimum Gasteiger partial charge on any atom is -0.422 e. The smallest absolute Gasteiger partial charge is 0.343 e. The summed E-state index contributed by atoms with van der Waals surface area (Å²) in [6, 6.07) is 22.6. The Bertz CT molecular complexity index is 1430. The van der Waals surface area contributed by atoms with E-state index in [1.54, 1.807) is 36.4 Å². The Morgan fingerprint density at radius 1 is 0.941 bits per heavy atom. The second kappa shape index (κ2) is 9.93. The quantitative estimate of drug-likeness (QED) is 0.133. The van der Waals surface area contributed by atoms with Crippen molar-refractivity contribution in [2.24, 2.45) is 5.10 Å². The normalized spacial score (nSPS) is 10.9. The van der Waals surface area contributed by atoms with Gasteiger partial charge < -0.3 is 4.74 Å². The molecule has 168 valence electrons. The van der Waals surface area contributed by atoms with Crippen molar-refractivity contribution < 1.29 is 19.2 Å². The molecule has 1 amide bonds. The van der Waals surface area contributed by atoms with E-state index < -0.39 is 16.8 Å². The number of nitro benzene ring substituents is 1. The van der Waals surface area contributed by atoms with Gasteiger partial charge in [-0.1, -0.05) is 54.1 Å². The third kappa shape index (κ3) is 4.92. The molecule has 4 aromatic rings. The summed E-state index contributed by atoms with van der Waals surface area (Å²) in [5.41, 5.74) is 2.59. The van der Waals surface area contributed by atoms with Gasteiger partial charge in [0.25, 0.3) is 11.6 Å². The third-order valence-corrected chi connectivity index (χ3v) is 5.17. The lowest BCUT2D eigenvalue weighted by Gasteiger charge is -2.10. The van der Waals surface area contributed by atoms with Gasteiger partial charge in [-0.05, 0) is 47.2 Å². The van der Waals surface area contributed by atoms with Crippen LogP contribution in [0.3, 0.4) is 0 Å². The first-order chi connectivity index (χ1) is 16.4. The van der Waals surface area contributed by atoms with E-state index >= 15 is 0 Å². The van der Waals surface area contributed by atoms with Gasteiger partial charge in [-0.25, -0.2) is 10.2 Å². The Morgan fingerprint density at radius 3 is 2.41 bits per heavy atom. The second-order valence-electron chi connectivity index (χ2n) is 7.07. The van der Waals surface area contributed by atoms with E-state index in [1.807, 2.05) is 24.3 Å². The molecule has 0 spiro atoms. The summed E-state index contributed by atoms with van der Waals surface area (Å²) in [7, 11) is 0. The Kier molecular flexibility index (Phi) is 6.61. The number of hydrazone groups is 1. The number of para-hydroxylation sites is 1. The number of nitrogens with zero attached hydrogens (tertiary/aromatic N) is 2. The molecule has 8 nitrogen and oxygen atoms in total. The Hall–Kier alpha value is -4.56. The standard InChI is InChI=1S/C25H16ClN3O5/c26-18-12-9-17(10-13-18)25(31)34-23-14-11-16-5-1-2-6-19(16)21(23)15-27-28-24(30)20-7-3-4-8-22(20)29(32)33/h1-15H,(H,28,30)/b27-15-. The number of carbonyl (C=O) groups is 2. The average Bonchev–Trinajstić information content (AvgIpc) is 2.85. The summed E-state index contributed by atoms with van der Waals surface area (Å²) < 4.78 is 5.60. The van der Waals surface area contributed by atoms with Crippen LogP contribution < -0.4 is 10.2 Å². The zero-order valence-corrected chi connectivity index (χ0v) is 18.2. The minimum atomic E-state index is -0.747. The fraction of sp³-hybridized carbons (Fsp3) is 0. The highest BCUT2D eigenvalue weighted by atomic mass is 35.5. The zero-order valence-electron chi connectivity index (χ0n) is 17.5. The summed E-state index contributed by atoms with van der Waals surface area (Å²) in [5, 5.41) is 17.2. The molecule has 4 rings (SSSR count). The molecule has 0 atom stereocenters. The topological polar surface area (TPSA) is 111 Å². The van der Waals surface area contributed by atoms with E-state index in [0.717, 1.165) is 10.8 Å². The van der Waals surface area contributed by atoms with Crippen molar-refractivity contribution in [3.05, 3.63) is 117 Å². The van der Waals surface area contributed by atoms with Crippen LogP contribution in [0.2, 0.25) is 5.02 Å². The molecule has 9 heteroatoms. The molecule has 0 bridgehead atoms. The van der Waals surface area contributed by atoms with Crippen molar-refractivity contribution in [3.63, 3.8) is 0 Å². The summed E-state index contributed by atoms with van der Waals surface area (Å²) in [6.07, 6.45) is 1.33. The minimum absolute atomic E-state index is 0.128. The molecule has 0 radical (unpaired) electrons. The maximum Gasteiger partial charge on any atom is 0.343 e. The van der Waals surface area contributed by atoms with E-state index in [1.165, 1.54) is 30.5 Å². The fourth-order valence-electron chi connectivity index (χ4n) is 3.28. The largest absolute Gasteiger partial charge is 0.422 e. The first-order valence-electron chi connectivity index (χ1n) is 10.0.